The van der Waals surface area contributed by atoms with E-state index in [1.165, 1.54) is 18.2 Å². The Kier molecular flexibility index (Phi) is 6.18. The van der Waals surface area contributed by atoms with Crippen molar-refractivity contribution in [3.63, 3.8) is 0 Å². The number of rotatable bonds is 5. The van der Waals surface area contributed by atoms with Crippen LogP contribution in [0.2, 0.25) is 5.02 Å². The quantitative estimate of drug-likeness (QED) is 0.420. The van der Waals surface area contributed by atoms with Gasteiger partial charge in [-0.15, -0.1) is 0 Å². The average molecular weight is 451 g/mol. The minimum atomic E-state index is -0.567. The molecule has 0 saturated heterocycles. The van der Waals surface area contributed by atoms with E-state index in [0.717, 1.165) is 10.9 Å². The SMILES string of the molecule is C[C@H](c1c[nH]c(=O)c2ccccc12)N(Cc1ccccn1)C(=O)Nc1ccc(F)c(Cl)c1. The van der Waals surface area contributed by atoms with Gasteiger partial charge in [0.05, 0.1) is 23.3 Å². The monoisotopic (exact) mass is 450 g/mol. The zero-order chi connectivity index (χ0) is 22.7. The van der Waals surface area contributed by atoms with Crippen LogP contribution in [0.25, 0.3) is 10.8 Å². The number of anilines is 1. The number of H-pyrrole nitrogens is 1. The van der Waals surface area contributed by atoms with E-state index < -0.39 is 17.9 Å². The van der Waals surface area contributed by atoms with Crippen LogP contribution in [-0.2, 0) is 6.54 Å². The summed E-state index contributed by atoms with van der Waals surface area (Å²) in [4.78, 5) is 34.2. The minimum absolute atomic E-state index is 0.0845. The highest BCUT2D eigenvalue weighted by atomic mass is 35.5. The standard InChI is InChI=1S/C24H20ClFN4O2/c1-15(20-13-28-23(31)19-8-3-2-7-18(19)20)30(14-17-6-4-5-11-27-17)24(32)29-16-9-10-22(26)21(25)12-16/h2-13,15H,14H2,1H3,(H,28,31)(H,29,32)/t15-/m1/s1. The maximum Gasteiger partial charge on any atom is 0.322 e. The largest absolute Gasteiger partial charge is 0.328 e. The predicted octanol–water partition coefficient (Wildman–Crippen LogP) is 5.51. The molecule has 2 N–H and O–H groups in total. The van der Waals surface area contributed by atoms with Crippen LogP contribution in [0.15, 0.2) is 77.9 Å². The number of nitrogens with zero attached hydrogens (tertiary/aromatic N) is 2. The van der Waals surface area contributed by atoms with E-state index in [2.05, 4.69) is 15.3 Å². The van der Waals surface area contributed by atoms with Crippen molar-refractivity contribution in [3.8, 4) is 0 Å². The van der Waals surface area contributed by atoms with Crippen LogP contribution in [0.3, 0.4) is 0 Å². The molecule has 2 aromatic heterocycles. The maximum absolute atomic E-state index is 13.5. The van der Waals surface area contributed by atoms with E-state index >= 15 is 0 Å². The first-order valence-electron chi connectivity index (χ1n) is 9.97. The van der Waals surface area contributed by atoms with Crippen LogP contribution < -0.4 is 10.9 Å². The van der Waals surface area contributed by atoms with Gasteiger partial charge in [-0.25, -0.2) is 9.18 Å². The van der Waals surface area contributed by atoms with E-state index in [-0.39, 0.29) is 17.1 Å². The molecule has 0 saturated carbocycles. The zero-order valence-corrected chi connectivity index (χ0v) is 17.9. The van der Waals surface area contributed by atoms with Gasteiger partial charge in [0.25, 0.3) is 5.56 Å². The lowest BCUT2D eigenvalue weighted by Crippen LogP contribution is -2.37. The summed E-state index contributed by atoms with van der Waals surface area (Å²) >= 11 is 5.86. The van der Waals surface area contributed by atoms with E-state index in [1.807, 2.05) is 31.2 Å². The Balaban J connectivity index is 1.72. The molecule has 0 fully saturated rings. The molecule has 0 radical (unpaired) electrons. The molecule has 0 unspecified atom stereocenters. The first-order valence-corrected chi connectivity index (χ1v) is 10.3. The van der Waals surface area contributed by atoms with Crippen molar-refractivity contribution < 1.29 is 9.18 Å². The molecule has 2 aromatic carbocycles. The molecule has 162 valence electrons. The summed E-state index contributed by atoms with van der Waals surface area (Å²) in [6.45, 7) is 2.09. The number of hydrogen-bond donors (Lipinski definition) is 2. The molecule has 8 heteroatoms. The van der Waals surface area contributed by atoms with Crippen LogP contribution in [0.1, 0.15) is 24.2 Å². The fourth-order valence-corrected chi connectivity index (χ4v) is 3.75. The number of carbonyl (C=O) groups is 1. The van der Waals surface area contributed by atoms with Crippen molar-refractivity contribution in [2.45, 2.75) is 19.5 Å². The number of halogens is 2. The van der Waals surface area contributed by atoms with Crippen molar-refractivity contribution in [2.75, 3.05) is 5.32 Å². The van der Waals surface area contributed by atoms with Crippen LogP contribution >= 0.6 is 11.6 Å². The van der Waals surface area contributed by atoms with Gasteiger partial charge in [0, 0.05) is 23.5 Å². The molecule has 32 heavy (non-hydrogen) atoms. The molecular weight excluding hydrogens is 431 g/mol. The lowest BCUT2D eigenvalue weighted by Gasteiger charge is -2.30. The third-order valence-corrected chi connectivity index (χ3v) is 5.54. The summed E-state index contributed by atoms with van der Waals surface area (Å²) in [6, 6.07) is 15.9. The molecule has 0 aliphatic carbocycles. The Hall–Kier alpha value is -3.71. The number of amides is 2. The molecule has 2 amide bonds. The highest BCUT2D eigenvalue weighted by molar-refractivity contribution is 6.31. The zero-order valence-electron chi connectivity index (χ0n) is 17.2. The number of fused-ring (bicyclic) bond motifs is 1. The van der Waals surface area contributed by atoms with Gasteiger partial charge in [0.1, 0.15) is 5.82 Å². The number of nitrogens with one attached hydrogen (secondary N) is 2. The smallest absolute Gasteiger partial charge is 0.322 e. The summed E-state index contributed by atoms with van der Waals surface area (Å²) in [7, 11) is 0. The summed E-state index contributed by atoms with van der Waals surface area (Å²) in [5.41, 5.74) is 1.65. The van der Waals surface area contributed by atoms with Gasteiger partial charge in [0.15, 0.2) is 0 Å². The predicted molar refractivity (Wildman–Crippen MR) is 123 cm³/mol. The van der Waals surface area contributed by atoms with Crippen molar-refractivity contribution in [1.29, 1.82) is 0 Å². The molecule has 0 aliphatic heterocycles. The van der Waals surface area contributed by atoms with Gasteiger partial charge >= 0.3 is 6.03 Å². The molecule has 6 nitrogen and oxygen atoms in total. The second-order valence-electron chi connectivity index (χ2n) is 7.30. The van der Waals surface area contributed by atoms with Crippen molar-refractivity contribution in [3.05, 3.63) is 106 Å². The summed E-state index contributed by atoms with van der Waals surface area (Å²) in [6.07, 6.45) is 3.29. The lowest BCUT2D eigenvalue weighted by atomic mass is 10.0. The van der Waals surface area contributed by atoms with Gasteiger partial charge in [-0.2, -0.15) is 0 Å². The molecule has 4 aromatic rings. The van der Waals surface area contributed by atoms with Crippen LogP contribution in [-0.4, -0.2) is 20.9 Å². The first-order chi connectivity index (χ1) is 15.4. The second-order valence-corrected chi connectivity index (χ2v) is 7.71. The van der Waals surface area contributed by atoms with Gasteiger partial charge < -0.3 is 15.2 Å². The second kappa shape index (κ2) is 9.20. The van der Waals surface area contributed by atoms with Crippen molar-refractivity contribution in [2.24, 2.45) is 0 Å². The van der Waals surface area contributed by atoms with E-state index in [9.17, 15) is 14.0 Å². The lowest BCUT2D eigenvalue weighted by molar-refractivity contribution is 0.188. The molecule has 0 bridgehead atoms. The number of hydrogen-bond acceptors (Lipinski definition) is 3. The first kappa shape index (κ1) is 21.5. The van der Waals surface area contributed by atoms with E-state index in [4.69, 9.17) is 11.6 Å². The van der Waals surface area contributed by atoms with Gasteiger partial charge in [0.2, 0.25) is 0 Å². The topological polar surface area (TPSA) is 78.1 Å². The summed E-state index contributed by atoms with van der Waals surface area (Å²) in [5.74, 6) is -0.567. The number of carbonyl (C=O) groups excluding carboxylic acids is 1. The van der Waals surface area contributed by atoms with E-state index in [1.54, 1.807) is 35.5 Å². The highest BCUT2D eigenvalue weighted by Gasteiger charge is 2.24. The Bertz CT molecular complexity index is 1330. The van der Waals surface area contributed by atoms with Gasteiger partial charge in [-0.3, -0.25) is 9.78 Å². The maximum atomic E-state index is 13.5. The summed E-state index contributed by atoms with van der Waals surface area (Å²) in [5, 5.41) is 3.99. The molecule has 0 spiro atoms. The third-order valence-electron chi connectivity index (χ3n) is 5.25. The van der Waals surface area contributed by atoms with Crippen LogP contribution in [0.4, 0.5) is 14.9 Å². The molecule has 4 rings (SSSR count). The van der Waals surface area contributed by atoms with Crippen molar-refractivity contribution >= 4 is 34.1 Å². The normalized spacial score (nSPS) is 11.8. The Labute approximate surface area is 188 Å². The minimum Gasteiger partial charge on any atom is -0.328 e. The van der Waals surface area contributed by atoms with Crippen molar-refractivity contribution in [1.82, 2.24) is 14.9 Å². The highest BCUT2D eigenvalue weighted by Crippen LogP contribution is 2.28. The Morgan fingerprint density at radius 3 is 2.62 bits per heavy atom. The number of pyridine rings is 2. The number of urea groups is 1. The average Bonchev–Trinajstić information content (AvgIpc) is 2.80. The molecule has 0 aliphatic rings. The Morgan fingerprint density at radius 1 is 1.16 bits per heavy atom. The third kappa shape index (κ3) is 4.48. The van der Waals surface area contributed by atoms with Crippen LogP contribution in [0.5, 0.6) is 0 Å². The summed E-state index contributed by atoms with van der Waals surface area (Å²) < 4.78 is 13.5. The van der Waals surface area contributed by atoms with E-state index in [0.29, 0.717) is 16.8 Å². The van der Waals surface area contributed by atoms with Gasteiger partial charge in [-0.1, -0.05) is 35.9 Å². The molecule has 1 atom stereocenters. The fraction of sp³-hybridized carbons (Fsp3) is 0.125. The molecular formula is C24H20ClFN4O2. The Morgan fingerprint density at radius 2 is 1.91 bits per heavy atom. The van der Waals surface area contributed by atoms with Crippen LogP contribution in [0, 0.1) is 5.82 Å². The number of aromatic amines is 1. The fourth-order valence-electron chi connectivity index (χ4n) is 3.57. The molecule has 2 heterocycles. The number of aromatic nitrogens is 2. The van der Waals surface area contributed by atoms with Gasteiger partial charge in [-0.05, 0) is 54.3 Å². The number of benzene rings is 2.